The highest BCUT2D eigenvalue weighted by molar-refractivity contribution is 6.89. The molecule has 2 nitrogen and oxygen atoms in total. The van der Waals surface area contributed by atoms with Gasteiger partial charge < -0.3 is 8.99 Å². The van der Waals surface area contributed by atoms with E-state index in [0.29, 0.717) is 0 Å². The molecule has 0 saturated heterocycles. The van der Waals surface area contributed by atoms with Crippen molar-refractivity contribution in [3.05, 3.63) is 42.1 Å². The molecule has 0 fully saturated rings. The zero-order valence-corrected chi connectivity index (χ0v) is 22.4. The van der Waals surface area contributed by atoms with E-state index in [1.165, 1.54) is 11.3 Å². The molecular formula is C25H43NOSi2. The SMILES string of the molecule is CCCn1cc([Si](C)(C)C)c(CCCO[Si](C)(C)C(C)(C)C)c1-c1ccccc1. The van der Waals surface area contributed by atoms with Gasteiger partial charge in [0.15, 0.2) is 8.32 Å². The summed E-state index contributed by atoms with van der Waals surface area (Å²) < 4.78 is 9.01. The van der Waals surface area contributed by atoms with E-state index >= 15 is 0 Å². The highest BCUT2D eigenvalue weighted by Gasteiger charge is 2.37. The first-order valence-electron chi connectivity index (χ1n) is 11.3. The van der Waals surface area contributed by atoms with Crippen LogP contribution in [-0.4, -0.2) is 27.6 Å². The van der Waals surface area contributed by atoms with Crippen LogP contribution in [0.2, 0.25) is 37.8 Å². The molecule has 4 heteroatoms. The van der Waals surface area contributed by atoms with E-state index in [2.05, 4.69) is 102 Å². The minimum absolute atomic E-state index is 0.274. The molecule has 2 rings (SSSR count). The lowest BCUT2D eigenvalue weighted by molar-refractivity contribution is 0.282. The van der Waals surface area contributed by atoms with Gasteiger partial charge in [0.2, 0.25) is 0 Å². The average Bonchev–Trinajstić information content (AvgIpc) is 2.97. The summed E-state index contributed by atoms with van der Waals surface area (Å²) in [6, 6.07) is 11.0. The fourth-order valence-electron chi connectivity index (χ4n) is 3.64. The summed E-state index contributed by atoms with van der Waals surface area (Å²) >= 11 is 0. The minimum Gasteiger partial charge on any atom is -0.417 e. The van der Waals surface area contributed by atoms with Crippen LogP contribution < -0.4 is 5.19 Å². The van der Waals surface area contributed by atoms with Gasteiger partial charge in [0.25, 0.3) is 0 Å². The third kappa shape index (κ3) is 5.96. The molecule has 29 heavy (non-hydrogen) atoms. The smallest absolute Gasteiger partial charge is 0.191 e. The van der Waals surface area contributed by atoms with Gasteiger partial charge in [-0.05, 0) is 53.7 Å². The predicted octanol–water partition coefficient (Wildman–Crippen LogP) is 7.06. The van der Waals surface area contributed by atoms with Gasteiger partial charge in [-0.15, -0.1) is 0 Å². The summed E-state index contributed by atoms with van der Waals surface area (Å²) in [7, 11) is -3.10. The van der Waals surface area contributed by atoms with Crippen molar-refractivity contribution < 1.29 is 4.43 Å². The topological polar surface area (TPSA) is 14.2 Å². The molecule has 0 atom stereocenters. The molecule has 0 aliphatic rings. The Morgan fingerprint density at radius 3 is 2.10 bits per heavy atom. The monoisotopic (exact) mass is 429 g/mol. The van der Waals surface area contributed by atoms with Gasteiger partial charge >= 0.3 is 0 Å². The first-order chi connectivity index (χ1) is 13.4. The van der Waals surface area contributed by atoms with E-state index in [4.69, 9.17) is 4.43 Å². The van der Waals surface area contributed by atoms with Crippen LogP contribution in [0.3, 0.4) is 0 Å². The van der Waals surface area contributed by atoms with Gasteiger partial charge in [-0.25, -0.2) is 0 Å². The predicted molar refractivity (Wildman–Crippen MR) is 135 cm³/mol. The summed E-state index contributed by atoms with van der Waals surface area (Å²) in [5.74, 6) is 0. The van der Waals surface area contributed by atoms with Crippen molar-refractivity contribution in [2.45, 2.75) is 91.3 Å². The van der Waals surface area contributed by atoms with Crippen LogP contribution in [0, 0.1) is 0 Å². The molecule has 1 aromatic carbocycles. The van der Waals surface area contributed by atoms with Gasteiger partial charge in [0.1, 0.15) is 0 Å². The Kier molecular flexibility index (Phi) is 7.80. The zero-order chi connectivity index (χ0) is 21.9. The summed E-state index contributed by atoms with van der Waals surface area (Å²) in [6.07, 6.45) is 5.84. The fraction of sp³-hybridized carbons (Fsp3) is 0.600. The lowest BCUT2D eigenvalue weighted by atomic mass is 10.0. The maximum atomic E-state index is 6.48. The Morgan fingerprint density at radius 1 is 0.966 bits per heavy atom. The molecule has 1 aromatic heterocycles. The molecule has 0 unspecified atom stereocenters. The van der Waals surface area contributed by atoms with Crippen molar-refractivity contribution in [3.63, 3.8) is 0 Å². The van der Waals surface area contributed by atoms with E-state index in [0.717, 1.165) is 32.4 Å². The first kappa shape index (κ1) is 24.2. The normalized spacial score (nSPS) is 13.1. The van der Waals surface area contributed by atoms with Gasteiger partial charge in [-0.3, -0.25) is 0 Å². The van der Waals surface area contributed by atoms with Crippen LogP contribution >= 0.6 is 0 Å². The largest absolute Gasteiger partial charge is 0.417 e. The molecule has 0 N–H and O–H groups in total. The minimum atomic E-state index is -1.67. The number of rotatable bonds is 9. The van der Waals surface area contributed by atoms with Crippen LogP contribution in [0.25, 0.3) is 11.3 Å². The summed E-state index contributed by atoms with van der Waals surface area (Å²) in [6.45, 7) is 23.3. The van der Waals surface area contributed by atoms with Crippen molar-refractivity contribution in [2.24, 2.45) is 0 Å². The number of aromatic nitrogens is 1. The number of hydrogen-bond acceptors (Lipinski definition) is 1. The van der Waals surface area contributed by atoms with E-state index in [1.54, 1.807) is 10.8 Å². The highest BCUT2D eigenvalue weighted by Crippen LogP contribution is 2.36. The molecule has 0 bridgehead atoms. The van der Waals surface area contributed by atoms with Crippen molar-refractivity contribution in [1.82, 2.24) is 4.57 Å². The van der Waals surface area contributed by atoms with Gasteiger partial charge in [0.05, 0.1) is 13.8 Å². The Morgan fingerprint density at radius 2 is 1.59 bits per heavy atom. The molecule has 162 valence electrons. The summed E-state index contributed by atoms with van der Waals surface area (Å²) in [5.41, 5.74) is 4.37. The maximum absolute atomic E-state index is 6.48. The molecule has 0 radical (unpaired) electrons. The molecule has 0 amide bonds. The summed E-state index contributed by atoms with van der Waals surface area (Å²) in [4.78, 5) is 0. The maximum Gasteiger partial charge on any atom is 0.191 e. The quantitative estimate of drug-likeness (QED) is 0.307. The van der Waals surface area contributed by atoms with Crippen molar-refractivity contribution in [3.8, 4) is 11.3 Å². The molecule has 0 spiro atoms. The highest BCUT2D eigenvalue weighted by atomic mass is 28.4. The number of hydrogen-bond donors (Lipinski definition) is 0. The number of aryl methyl sites for hydroxylation is 1. The Balaban J connectivity index is 2.34. The fourth-order valence-corrected chi connectivity index (χ4v) is 6.42. The lowest BCUT2D eigenvalue weighted by Crippen LogP contribution is -2.41. The molecular weight excluding hydrogens is 386 g/mol. The van der Waals surface area contributed by atoms with Crippen LogP contribution in [0.4, 0.5) is 0 Å². The third-order valence-electron chi connectivity index (χ3n) is 6.34. The van der Waals surface area contributed by atoms with Crippen LogP contribution in [0.15, 0.2) is 36.5 Å². The third-order valence-corrected chi connectivity index (χ3v) is 12.9. The Bertz CT molecular complexity index is 780. The average molecular weight is 430 g/mol. The van der Waals surface area contributed by atoms with Crippen LogP contribution in [0.1, 0.15) is 46.1 Å². The molecule has 2 aromatic rings. The van der Waals surface area contributed by atoms with E-state index < -0.39 is 16.4 Å². The molecule has 1 heterocycles. The van der Waals surface area contributed by atoms with Crippen molar-refractivity contribution in [1.29, 1.82) is 0 Å². The standard InChI is InChI=1S/C25H43NOSi2/c1-10-18-26-20-23(28(5,6)7)22(24(26)21-15-12-11-13-16-21)17-14-19-27-29(8,9)25(2,3)4/h11-13,15-16,20H,10,14,17-19H2,1-9H3. The van der Waals surface area contributed by atoms with Crippen molar-refractivity contribution in [2.75, 3.05) is 6.61 Å². The van der Waals surface area contributed by atoms with Crippen LogP contribution in [-0.2, 0) is 17.4 Å². The second-order valence-electron chi connectivity index (χ2n) is 10.9. The number of benzene rings is 1. The van der Waals surface area contributed by atoms with E-state index in [1.807, 2.05) is 0 Å². The van der Waals surface area contributed by atoms with E-state index in [9.17, 15) is 0 Å². The summed E-state index contributed by atoms with van der Waals surface area (Å²) in [5, 5.41) is 1.90. The van der Waals surface area contributed by atoms with Gasteiger partial charge in [-0.1, -0.05) is 77.7 Å². The van der Waals surface area contributed by atoms with Gasteiger partial charge in [-0.2, -0.15) is 0 Å². The molecule has 0 aliphatic heterocycles. The molecule has 0 saturated carbocycles. The van der Waals surface area contributed by atoms with E-state index in [-0.39, 0.29) is 5.04 Å². The Hall–Kier alpha value is -1.11. The van der Waals surface area contributed by atoms with Crippen molar-refractivity contribution >= 4 is 21.6 Å². The number of nitrogens with zero attached hydrogens (tertiary/aromatic N) is 1. The van der Waals surface area contributed by atoms with Gasteiger partial charge in [0, 0.05) is 19.3 Å². The first-order valence-corrected chi connectivity index (χ1v) is 17.7. The Labute approximate surface area is 181 Å². The molecule has 0 aliphatic carbocycles. The second kappa shape index (κ2) is 9.36. The zero-order valence-electron chi connectivity index (χ0n) is 20.4. The lowest BCUT2D eigenvalue weighted by Gasteiger charge is -2.36. The van der Waals surface area contributed by atoms with Crippen LogP contribution in [0.5, 0.6) is 0 Å². The second-order valence-corrected chi connectivity index (χ2v) is 20.7.